The summed E-state index contributed by atoms with van der Waals surface area (Å²) >= 11 is 3.53. The first-order chi connectivity index (χ1) is 7.95. The molecule has 0 N–H and O–H groups in total. The molecule has 3 heteroatoms. The third-order valence-electron chi connectivity index (χ3n) is 3.03. The molecule has 1 atom stereocenters. The quantitative estimate of drug-likeness (QED) is 0.571. The highest BCUT2D eigenvalue weighted by molar-refractivity contribution is 9.09. The van der Waals surface area contributed by atoms with Gasteiger partial charge in [0.15, 0.2) is 0 Å². The van der Waals surface area contributed by atoms with Crippen molar-refractivity contribution in [2.45, 2.75) is 33.6 Å². The van der Waals surface area contributed by atoms with Gasteiger partial charge in [-0.2, -0.15) is 0 Å². The van der Waals surface area contributed by atoms with Crippen molar-refractivity contribution < 1.29 is 0 Å². The summed E-state index contributed by atoms with van der Waals surface area (Å²) in [4.78, 5) is 4.89. The van der Waals surface area contributed by atoms with E-state index in [-0.39, 0.29) is 0 Å². The van der Waals surface area contributed by atoms with Crippen molar-refractivity contribution in [2.75, 3.05) is 45.6 Å². The van der Waals surface area contributed by atoms with Crippen LogP contribution in [0.5, 0.6) is 0 Å². The van der Waals surface area contributed by atoms with Gasteiger partial charge in [0.05, 0.1) is 0 Å². The van der Waals surface area contributed by atoms with Crippen molar-refractivity contribution >= 4 is 15.9 Å². The average molecular weight is 307 g/mol. The molecule has 0 aliphatic carbocycles. The number of alkyl halides is 1. The van der Waals surface area contributed by atoms with Crippen molar-refractivity contribution in [3.63, 3.8) is 0 Å². The van der Waals surface area contributed by atoms with Gasteiger partial charge < -0.3 is 9.80 Å². The minimum Gasteiger partial charge on any atom is -0.308 e. The number of hydrogen-bond acceptors (Lipinski definition) is 2. The van der Waals surface area contributed by atoms with E-state index in [0.717, 1.165) is 17.2 Å². The third-order valence-corrected chi connectivity index (χ3v) is 3.48. The summed E-state index contributed by atoms with van der Waals surface area (Å²) in [5, 5.41) is 1.13. The van der Waals surface area contributed by atoms with Crippen LogP contribution in [0.3, 0.4) is 0 Å². The maximum atomic E-state index is 3.53. The molecule has 0 aromatic rings. The molecule has 1 unspecified atom stereocenters. The Balaban J connectivity index is 3.91. The zero-order valence-corrected chi connectivity index (χ0v) is 14.0. The molecule has 0 saturated heterocycles. The zero-order valence-electron chi connectivity index (χ0n) is 12.4. The molecule has 0 rings (SSSR count). The average Bonchev–Trinajstić information content (AvgIpc) is 2.21. The normalized spacial score (nSPS) is 13.9. The second-order valence-corrected chi connectivity index (χ2v) is 6.66. The monoisotopic (exact) mass is 306 g/mol. The van der Waals surface area contributed by atoms with E-state index in [0.29, 0.717) is 0 Å². The fraction of sp³-hybridized carbons (Fsp3) is 1.00. The van der Waals surface area contributed by atoms with Gasteiger partial charge in [-0.3, -0.25) is 0 Å². The molecule has 0 bridgehead atoms. The maximum absolute atomic E-state index is 3.53. The van der Waals surface area contributed by atoms with E-state index in [4.69, 9.17) is 0 Å². The topological polar surface area (TPSA) is 6.48 Å². The van der Waals surface area contributed by atoms with Crippen molar-refractivity contribution in [2.24, 2.45) is 11.8 Å². The highest BCUT2D eigenvalue weighted by Crippen LogP contribution is 2.11. The Hall–Kier alpha value is 0.400. The van der Waals surface area contributed by atoms with Gasteiger partial charge in [-0.15, -0.1) is 0 Å². The summed E-state index contributed by atoms with van der Waals surface area (Å²) in [6, 6.07) is 0. The summed E-state index contributed by atoms with van der Waals surface area (Å²) in [5.74, 6) is 1.60. The lowest BCUT2D eigenvalue weighted by molar-refractivity contribution is 0.207. The summed E-state index contributed by atoms with van der Waals surface area (Å²) in [5.41, 5.74) is 0. The minimum atomic E-state index is 0.767. The molecule has 0 saturated carbocycles. The van der Waals surface area contributed by atoms with Crippen LogP contribution in [0.15, 0.2) is 0 Å². The highest BCUT2D eigenvalue weighted by Gasteiger charge is 2.09. The number of halogens is 1. The van der Waals surface area contributed by atoms with E-state index in [2.05, 4.69) is 60.6 Å². The van der Waals surface area contributed by atoms with E-state index < -0.39 is 0 Å². The Bertz CT molecular complexity index is 172. The molecule has 0 aromatic carbocycles. The molecule has 104 valence electrons. The highest BCUT2D eigenvalue weighted by atomic mass is 79.9. The lowest BCUT2D eigenvalue weighted by Gasteiger charge is -2.27. The van der Waals surface area contributed by atoms with Gasteiger partial charge in [0, 0.05) is 25.0 Å². The van der Waals surface area contributed by atoms with Crippen LogP contribution < -0.4 is 0 Å². The van der Waals surface area contributed by atoms with Crippen molar-refractivity contribution in [1.82, 2.24) is 9.80 Å². The summed E-state index contributed by atoms with van der Waals surface area (Å²) < 4.78 is 0. The number of rotatable bonds is 10. The van der Waals surface area contributed by atoms with Gasteiger partial charge in [-0.05, 0) is 45.3 Å². The summed E-state index contributed by atoms with van der Waals surface area (Å²) in [6.07, 6.45) is 2.62. The molecule has 0 heterocycles. The third kappa shape index (κ3) is 11.2. The molecular weight excluding hydrogens is 276 g/mol. The van der Waals surface area contributed by atoms with E-state index in [1.807, 2.05) is 0 Å². The smallest absolute Gasteiger partial charge is 0.0109 e. The van der Waals surface area contributed by atoms with E-state index in [1.165, 1.54) is 39.0 Å². The van der Waals surface area contributed by atoms with Gasteiger partial charge in [-0.25, -0.2) is 0 Å². The van der Waals surface area contributed by atoms with Crippen LogP contribution in [0.25, 0.3) is 0 Å². The lowest BCUT2D eigenvalue weighted by atomic mass is 10.0. The first-order valence-electron chi connectivity index (χ1n) is 6.88. The van der Waals surface area contributed by atoms with Crippen LogP contribution >= 0.6 is 15.9 Å². The van der Waals surface area contributed by atoms with E-state index >= 15 is 0 Å². The van der Waals surface area contributed by atoms with Gasteiger partial charge >= 0.3 is 0 Å². The van der Waals surface area contributed by atoms with Gasteiger partial charge in [0.2, 0.25) is 0 Å². The largest absolute Gasteiger partial charge is 0.308 e. The molecule has 0 spiro atoms. The molecule has 0 aliphatic rings. The van der Waals surface area contributed by atoms with E-state index in [1.54, 1.807) is 0 Å². The van der Waals surface area contributed by atoms with Crippen molar-refractivity contribution in [3.8, 4) is 0 Å². The number of hydrogen-bond donors (Lipinski definition) is 0. The Kier molecular flexibility index (Phi) is 10.6. The molecule has 0 amide bonds. The Labute approximate surface area is 117 Å². The molecule has 0 aliphatic heterocycles. The van der Waals surface area contributed by atoms with E-state index in [9.17, 15) is 0 Å². The fourth-order valence-corrected chi connectivity index (χ4v) is 2.67. The Morgan fingerprint density at radius 1 is 0.941 bits per heavy atom. The SMILES string of the molecule is CC(C)CN(CCC(C)CCBr)CCN(C)C. The van der Waals surface area contributed by atoms with Crippen LogP contribution in [0, 0.1) is 11.8 Å². The Morgan fingerprint density at radius 3 is 2.06 bits per heavy atom. The predicted octanol–water partition coefficient (Wildman–Crippen LogP) is 3.32. The standard InChI is InChI=1S/C14H31BrN2/c1-13(2)12-17(11-10-16(4)5)9-7-14(3)6-8-15/h13-14H,6-12H2,1-5H3. The van der Waals surface area contributed by atoms with Crippen LogP contribution in [0.2, 0.25) is 0 Å². The van der Waals surface area contributed by atoms with Crippen molar-refractivity contribution in [3.05, 3.63) is 0 Å². The van der Waals surface area contributed by atoms with Crippen LogP contribution in [-0.2, 0) is 0 Å². The summed E-state index contributed by atoms with van der Waals surface area (Å²) in [7, 11) is 4.31. The molecule has 0 fully saturated rings. The van der Waals surface area contributed by atoms with Crippen molar-refractivity contribution in [1.29, 1.82) is 0 Å². The maximum Gasteiger partial charge on any atom is 0.0109 e. The van der Waals surface area contributed by atoms with Crippen LogP contribution in [0.1, 0.15) is 33.6 Å². The molecule has 17 heavy (non-hydrogen) atoms. The first-order valence-corrected chi connectivity index (χ1v) is 8.00. The second-order valence-electron chi connectivity index (χ2n) is 5.87. The molecule has 2 nitrogen and oxygen atoms in total. The van der Waals surface area contributed by atoms with Gasteiger partial charge in [-0.1, -0.05) is 36.7 Å². The lowest BCUT2D eigenvalue weighted by Crippen LogP contribution is -2.35. The minimum absolute atomic E-state index is 0.767. The van der Waals surface area contributed by atoms with Gasteiger partial charge in [0.1, 0.15) is 0 Å². The second kappa shape index (κ2) is 10.3. The van der Waals surface area contributed by atoms with Gasteiger partial charge in [0.25, 0.3) is 0 Å². The number of nitrogens with zero attached hydrogens (tertiary/aromatic N) is 2. The fourth-order valence-electron chi connectivity index (χ4n) is 1.89. The van der Waals surface area contributed by atoms with Crippen LogP contribution in [0.4, 0.5) is 0 Å². The van der Waals surface area contributed by atoms with Crippen LogP contribution in [-0.4, -0.2) is 55.4 Å². The summed E-state index contributed by atoms with van der Waals surface area (Å²) in [6.45, 7) is 11.8. The molecule has 0 aromatic heterocycles. The Morgan fingerprint density at radius 2 is 1.59 bits per heavy atom. The molecular formula is C14H31BrN2. The zero-order chi connectivity index (χ0) is 13.3. The molecule has 0 radical (unpaired) electrons. The first kappa shape index (κ1) is 17.4. The predicted molar refractivity (Wildman–Crippen MR) is 82.0 cm³/mol. The number of likely N-dealkylation sites (N-methyl/N-ethyl adjacent to an activating group) is 1.